The third-order valence-corrected chi connectivity index (χ3v) is 5.85. The summed E-state index contributed by atoms with van der Waals surface area (Å²) >= 11 is 0. The normalized spacial score (nSPS) is 24.2. The van der Waals surface area contributed by atoms with Crippen LogP contribution in [0.15, 0.2) is 0 Å². The Labute approximate surface area is 132 Å². The summed E-state index contributed by atoms with van der Waals surface area (Å²) in [7, 11) is -3.51. The maximum absolute atomic E-state index is 11.6. The monoisotopic (exact) mass is 359 g/mol. The first-order chi connectivity index (χ1) is 10.4. The van der Waals surface area contributed by atoms with Crippen LogP contribution in [0.5, 0.6) is 0 Å². The molecule has 1 aliphatic heterocycles. The summed E-state index contributed by atoms with van der Waals surface area (Å²) in [6, 6.07) is 0.354. The van der Waals surface area contributed by atoms with Crippen LogP contribution in [0, 0.1) is 5.41 Å². The lowest BCUT2D eigenvalue weighted by Crippen LogP contribution is -2.67. The second kappa shape index (κ2) is 6.19. The molecule has 1 spiro atoms. The van der Waals surface area contributed by atoms with E-state index >= 15 is 0 Å². The number of rotatable bonds is 3. The first-order valence-corrected chi connectivity index (χ1v) is 8.77. The Balaban J connectivity index is 0.000000236. The Kier molecular flexibility index (Phi) is 4.96. The lowest BCUT2D eigenvalue weighted by molar-refractivity contribution is -0.192. The smallest absolute Gasteiger partial charge is 0.475 e. The molecule has 3 fully saturated rings. The van der Waals surface area contributed by atoms with Gasteiger partial charge in [-0.15, -0.1) is 0 Å². The van der Waals surface area contributed by atoms with Crippen LogP contribution in [0.4, 0.5) is 13.2 Å². The van der Waals surface area contributed by atoms with Crippen LogP contribution in [0.3, 0.4) is 0 Å². The number of nitrogens with two attached hydrogens (primary N) is 1. The van der Waals surface area contributed by atoms with Gasteiger partial charge in [0, 0.05) is 25.2 Å². The average Bonchev–Trinajstić information content (AvgIpc) is 2.19. The average molecular weight is 359 g/mol. The predicted octanol–water partition coefficient (Wildman–Crippen LogP) is 0.430. The van der Waals surface area contributed by atoms with Gasteiger partial charge in [-0.1, -0.05) is 6.42 Å². The molecule has 1 heterocycles. The second-order valence-corrected chi connectivity index (χ2v) is 7.88. The minimum Gasteiger partial charge on any atom is -0.475 e. The first kappa shape index (κ1) is 18.4. The molecule has 4 N–H and O–H groups in total. The van der Waals surface area contributed by atoms with E-state index in [1.165, 1.54) is 0 Å². The molecule has 7 nitrogen and oxygen atoms in total. The fraction of sp³-hybridized carbons (Fsp3) is 0.917. The van der Waals surface area contributed by atoms with Gasteiger partial charge < -0.3 is 10.4 Å². The van der Waals surface area contributed by atoms with Crippen LogP contribution >= 0.6 is 0 Å². The predicted molar refractivity (Wildman–Crippen MR) is 74.6 cm³/mol. The van der Waals surface area contributed by atoms with Crippen molar-refractivity contribution < 1.29 is 31.5 Å². The van der Waals surface area contributed by atoms with E-state index in [-0.39, 0.29) is 12.1 Å². The zero-order valence-electron chi connectivity index (χ0n) is 12.3. The lowest BCUT2D eigenvalue weighted by Gasteiger charge is -2.58. The molecule has 0 radical (unpaired) electrons. The summed E-state index contributed by atoms with van der Waals surface area (Å²) < 4.78 is 56.5. The minimum absolute atomic E-state index is 0.169. The fourth-order valence-corrected chi connectivity index (χ4v) is 4.43. The molecule has 0 aromatic heterocycles. The maximum atomic E-state index is 11.6. The highest BCUT2D eigenvalue weighted by Crippen LogP contribution is 2.48. The first-order valence-electron chi connectivity index (χ1n) is 7.27. The van der Waals surface area contributed by atoms with E-state index in [4.69, 9.17) is 15.0 Å². The molecule has 134 valence electrons. The van der Waals surface area contributed by atoms with Gasteiger partial charge in [-0.25, -0.2) is 9.93 Å². The van der Waals surface area contributed by atoms with Crippen molar-refractivity contribution in [2.24, 2.45) is 10.6 Å². The van der Waals surface area contributed by atoms with Crippen molar-refractivity contribution in [3.8, 4) is 0 Å². The van der Waals surface area contributed by atoms with E-state index in [9.17, 15) is 21.6 Å². The maximum Gasteiger partial charge on any atom is 0.490 e. The summed E-state index contributed by atoms with van der Waals surface area (Å²) in [5, 5.41) is 15.7. The van der Waals surface area contributed by atoms with Gasteiger partial charge in [-0.05, 0) is 31.1 Å². The molecule has 0 unspecified atom stereocenters. The summed E-state index contributed by atoms with van der Waals surface area (Å²) in [6.07, 6.45) is 0.00627. The van der Waals surface area contributed by atoms with Crippen LogP contribution in [0.2, 0.25) is 0 Å². The molecule has 1 saturated heterocycles. The molecule has 11 heteroatoms. The second-order valence-electron chi connectivity index (χ2n) is 6.43. The molecule has 0 atom stereocenters. The summed E-state index contributed by atoms with van der Waals surface area (Å²) in [6.45, 7) is 2.10. The molecule has 3 aliphatic rings. The van der Waals surface area contributed by atoms with Gasteiger partial charge in [0.15, 0.2) is 0 Å². The Morgan fingerprint density at radius 2 is 1.70 bits per heavy atom. The molecular weight excluding hydrogens is 339 g/mol. The molecule has 0 aromatic rings. The van der Waals surface area contributed by atoms with Crippen LogP contribution < -0.4 is 10.5 Å². The van der Waals surface area contributed by atoms with Crippen LogP contribution in [0.25, 0.3) is 0 Å². The number of nitrogens with zero attached hydrogens (tertiary/aromatic N) is 1. The van der Waals surface area contributed by atoms with Gasteiger partial charge in [-0.3, -0.25) is 0 Å². The number of aliphatic carboxylic acids is 1. The van der Waals surface area contributed by atoms with Crippen LogP contribution in [0.1, 0.15) is 32.1 Å². The Bertz CT molecular complexity index is 550. The fourth-order valence-electron chi connectivity index (χ4n) is 3.24. The van der Waals surface area contributed by atoms with Crippen molar-refractivity contribution in [2.45, 2.75) is 50.4 Å². The van der Waals surface area contributed by atoms with Gasteiger partial charge in [0.2, 0.25) is 0 Å². The quantitative estimate of drug-likeness (QED) is 0.676. The van der Waals surface area contributed by atoms with Crippen molar-refractivity contribution in [1.29, 1.82) is 0 Å². The van der Waals surface area contributed by atoms with Crippen molar-refractivity contribution >= 4 is 16.2 Å². The standard InChI is InChI=1S/C10H19N3O2S.C2HF3O2/c11-16(14,15)13(8-2-1-3-8)9-4-10(5-9)6-12-7-10;3-2(4,5)1(6)7/h8-9,12H,1-7H2,(H2,11,14,15);(H,6,7). The van der Waals surface area contributed by atoms with Gasteiger partial charge >= 0.3 is 12.1 Å². The molecule has 3 rings (SSSR count). The van der Waals surface area contributed by atoms with Gasteiger partial charge in [-0.2, -0.15) is 25.9 Å². The van der Waals surface area contributed by atoms with E-state index in [1.807, 2.05) is 0 Å². The van der Waals surface area contributed by atoms with E-state index in [0.717, 1.165) is 45.2 Å². The number of alkyl halides is 3. The van der Waals surface area contributed by atoms with Crippen molar-refractivity contribution in [2.75, 3.05) is 13.1 Å². The number of carboxylic acid groups (broad SMARTS) is 1. The molecule has 23 heavy (non-hydrogen) atoms. The summed E-state index contributed by atoms with van der Waals surface area (Å²) in [4.78, 5) is 8.90. The van der Waals surface area contributed by atoms with Gasteiger partial charge in [0.05, 0.1) is 0 Å². The summed E-state index contributed by atoms with van der Waals surface area (Å²) in [5.74, 6) is -2.76. The van der Waals surface area contributed by atoms with E-state index < -0.39 is 22.4 Å². The number of carboxylic acids is 1. The van der Waals surface area contributed by atoms with Crippen LogP contribution in [-0.2, 0) is 15.0 Å². The molecule has 0 bridgehead atoms. The molecule has 0 amide bonds. The van der Waals surface area contributed by atoms with Gasteiger partial charge in [0.1, 0.15) is 0 Å². The number of nitrogens with one attached hydrogen (secondary N) is 1. The van der Waals surface area contributed by atoms with E-state index in [0.29, 0.717) is 5.41 Å². The zero-order valence-corrected chi connectivity index (χ0v) is 13.2. The van der Waals surface area contributed by atoms with Crippen molar-refractivity contribution in [3.63, 3.8) is 0 Å². The highest BCUT2D eigenvalue weighted by Gasteiger charge is 2.53. The van der Waals surface area contributed by atoms with Crippen LogP contribution in [-0.4, -0.2) is 55.1 Å². The Morgan fingerprint density at radius 1 is 1.22 bits per heavy atom. The largest absolute Gasteiger partial charge is 0.490 e. The highest BCUT2D eigenvalue weighted by molar-refractivity contribution is 7.86. The molecule has 2 saturated carbocycles. The molecule has 2 aliphatic carbocycles. The Hall–Kier alpha value is -0.910. The number of hydrogen-bond acceptors (Lipinski definition) is 4. The topological polar surface area (TPSA) is 113 Å². The van der Waals surface area contributed by atoms with Crippen molar-refractivity contribution in [3.05, 3.63) is 0 Å². The Morgan fingerprint density at radius 3 is 1.91 bits per heavy atom. The van der Waals surface area contributed by atoms with Crippen molar-refractivity contribution in [1.82, 2.24) is 9.62 Å². The summed E-state index contributed by atoms with van der Waals surface area (Å²) in [5.41, 5.74) is 0.400. The third-order valence-electron chi connectivity index (χ3n) is 4.67. The lowest BCUT2D eigenvalue weighted by atomic mass is 9.61. The minimum atomic E-state index is -5.08. The number of carbonyl (C=O) groups is 1. The molecular formula is C12H20F3N3O4S. The number of halogens is 3. The van der Waals surface area contributed by atoms with E-state index in [1.54, 1.807) is 4.31 Å². The van der Waals surface area contributed by atoms with Gasteiger partial charge in [0.25, 0.3) is 10.2 Å². The molecule has 0 aromatic carbocycles. The third kappa shape index (κ3) is 4.14. The highest BCUT2D eigenvalue weighted by atomic mass is 32.2. The SMILES string of the molecule is NS(=O)(=O)N(C1CCC1)C1CC2(CNC2)C1.O=C(O)C(F)(F)F. The zero-order chi connectivity index (χ0) is 17.5. The van der Waals surface area contributed by atoms with E-state index in [2.05, 4.69) is 5.32 Å². The number of hydrogen-bond donors (Lipinski definition) is 3.